The lowest BCUT2D eigenvalue weighted by Gasteiger charge is -2.05. The van der Waals surface area contributed by atoms with Crippen LogP contribution in [0.3, 0.4) is 0 Å². The fraction of sp³-hybridized carbons (Fsp3) is 0.0417. The standard InChI is InChI=1S/C24H16FN5S/c1-13-6-7-26-10-17(13)14-2-3-19-16(8-14)24(30-29-19)20-9-15-18(11-27-12-21(15)28-20)22-4-5-23(25)31-22/h2-12,28H,1H3,(H,29,30). The van der Waals surface area contributed by atoms with E-state index in [1.807, 2.05) is 18.3 Å². The maximum Gasteiger partial charge on any atom is 0.176 e. The molecule has 0 saturated heterocycles. The first-order chi connectivity index (χ1) is 15.2. The van der Waals surface area contributed by atoms with Crippen LogP contribution in [0.25, 0.3) is 54.8 Å². The van der Waals surface area contributed by atoms with Crippen LogP contribution >= 0.6 is 11.3 Å². The van der Waals surface area contributed by atoms with Crippen molar-refractivity contribution in [3.63, 3.8) is 0 Å². The molecular weight excluding hydrogens is 409 g/mol. The van der Waals surface area contributed by atoms with Crippen molar-refractivity contribution in [3.8, 4) is 33.0 Å². The quantitative estimate of drug-likeness (QED) is 0.347. The highest BCUT2D eigenvalue weighted by molar-refractivity contribution is 7.14. The predicted octanol–water partition coefficient (Wildman–Crippen LogP) is 6.34. The molecular formula is C24H16FN5S. The van der Waals surface area contributed by atoms with Crippen LogP contribution in [0.15, 0.2) is 67.3 Å². The van der Waals surface area contributed by atoms with Crippen LogP contribution in [-0.4, -0.2) is 25.1 Å². The van der Waals surface area contributed by atoms with Gasteiger partial charge in [0.25, 0.3) is 0 Å². The molecule has 0 radical (unpaired) electrons. The zero-order valence-electron chi connectivity index (χ0n) is 16.5. The lowest BCUT2D eigenvalue weighted by molar-refractivity contribution is 0.657. The first kappa shape index (κ1) is 18.0. The zero-order chi connectivity index (χ0) is 20.9. The molecule has 0 aliphatic carbocycles. The van der Waals surface area contributed by atoms with Gasteiger partial charge in [-0.1, -0.05) is 6.07 Å². The van der Waals surface area contributed by atoms with Gasteiger partial charge in [-0.25, -0.2) is 0 Å². The number of aromatic amines is 2. The molecule has 0 fully saturated rings. The molecule has 0 aliphatic heterocycles. The molecule has 0 amide bonds. The Kier molecular flexibility index (Phi) is 3.97. The van der Waals surface area contributed by atoms with E-state index in [0.717, 1.165) is 66.1 Å². The van der Waals surface area contributed by atoms with E-state index in [1.165, 1.54) is 11.6 Å². The van der Waals surface area contributed by atoms with Gasteiger partial charge in [0.2, 0.25) is 0 Å². The summed E-state index contributed by atoms with van der Waals surface area (Å²) in [5.41, 5.74) is 7.82. The maximum atomic E-state index is 13.6. The number of H-pyrrole nitrogens is 2. The number of thiophene rings is 1. The van der Waals surface area contributed by atoms with Crippen LogP contribution < -0.4 is 0 Å². The summed E-state index contributed by atoms with van der Waals surface area (Å²) >= 11 is 1.12. The normalized spacial score (nSPS) is 11.5. The van der Waals surface area contributed by atoms with E-state index >= 15 is 0 Å². The van der Waals surface area contributed by atoms with Crippen LogP contribution in [0.5, 0.6) is 0 Å². The van der Waals surface area contributed by atoms with Crippen LogP contribution in [0.2, 0.25) is 0 Å². The second-order valence-electron chi connectivity index (χ2n) is 7.46. The van der Waals surface area contributed by atoms with Crippen molar-refractivity contribution in [2.45, 2.75) is 6.92 Å². The maximum absolute atomic E-state index is 13.6. The molecule has 1 aromatic carbocycles. The number of hydrogen-bond acceptors (Lipinski definition) is 4. The van der Waals surface area contributed by atoms with Gasteiger partial charge in [-0.2, -0.15) is 9.49 Å². The summed E-state index contributed by atoms with van der Waals surface area (Å²) < 4.78 is 13.6. The van der Waals surface area contributed by atoms with Gasteiger partial charge in [0.15, 0.2) is 5.13 Å². The largest absolute Gasteiger partial charge is 0.352 e. The number of benzene rings is 1. The minimum atomic E-state index is -0.209. The average Bonchev–Trinajstić information content (AvgIpc) is 3.50. The van der Waals surface area contributed by atoms with Crippen molar-refractivity contribution < 1.29 is 4.39 Å². The Morgan fingerprint density at radius 3 is 2.61 bits per heavy atom. The topological polar surface area (TPSA) is 70.2 Å². The lowest BCUT2D eigenvalue weighted by atomic mass is 10.0. The van der Waals surface area contributed by atoms with Gasteiger partial charge in [-0.3, -0.25) is 15.1 Å². The Morgan fingerprint density at radius 1 is 0.871 bits per heavy atom. The van der Waals surface area contributed by atoms with Crippen molar-refractivity contribution >= 4 is 33.1 Å². The van der Waals surface area contributed by atoms with Gasteiger partial charge in [-0.05, 0) is 54.4 Å². The van der Waals surface area contributed by atoms with Crippen LogP contribution in [0.4, 0.5) is 4.39 Å². The first-order valence-electron chi connectivity index (χ1n) is 9.79. The Morgan fingerprint density at radius 2 is 1.77 bits per heavy atom. The van der Waals surface area contributed by atoms with Crippen molar-refractivity contribution in [3.05, 3.63) is 77.9 Å². The molecule has 5 aromatic heterocycles. The summed E-state index contributed by atoms with van der Waals surface area (Å²) in [5.74, 6) is 0. The average molecular weight is 425 g/mol. The van der Waals surface area contributed by atoms with Crippen LogP contribution in [0.1, 0.15) is 5.56 Å². The summed E-state index contributed by atoms with van der Waals surface area (Å²) in [6, 6.07) is 13.6. The van der Waals surface area contributed by atoms with Gasteiger partial charge in [0.1, 0.15) is 5.69 Å². The van der Waals surface area contributed by atoms with Crippen molar-refractivity contribution in [1.29, 1.82) is 0 Å². The number of nitrogens with one attached hydrogen (secondary N) is 2. The van der Waals surface area contributed by atoms with Crippen LogP contribution in [-0.2, 0) is 0 Å². The summed E-state index contributed by atoms with van der Waals surface area (Å²) in [7, 11) is 0. The number of hydrogen-bond donors (Lipinski definition) is 2. The number of aromatic nitrogens is 5. The monoisotopic (exact) mass is 425 g/mol. The SMILES string of the molecule is Cc1ccncc1-c1ccc2[nH]nc(-c3cc4c(-c5ccc(F)s5)cncc4[nH]3)c2c1. The van der Waals surface area contributed by atoms with Gasteiger partial charge in [0.05, 0.1) is 22.9 Å². The van der Waals surface area contributed by atoms with Crippen molar-refractivity contribution in [1.82, 2.24) is 25.1 Å². The third-order valence-electron chi connectivity index (χ3n) is 5.55. The number of pyridine rings is 2. The summed E-state index contributed by atoms with van der Waals surface area (Å²) in [6.07, 6.45) is 7.25. The number of halogens is 1. The summed E-state index contributed by atoms with van der Waals surface area (Å²) in [5, 5.41) is 9.50. The second-order valence-corrected chi connectivity index (χ2v) is 8.49. The molecule has 0 unspecified atom stereocenters. The van der Waals surface area contributed by atoms with E-state index < -0.39 is 0 Å². The Labute approximate surface area is 180 Å². The molecule has 0 bridgehead atoms. The molecule has 6 aromatic rings. The van der Waals surface area contributed by atoms with Crippen molar-refractivity contribution in [2.75, 3.05) is 0 Å². The summed E-state index contributed by atoms with van der Waals surface area (Å²) in [4.78, 5) is 12.9. The number of fused-ring (bicyclic) bond motifs is 2. The molecule has 2 N–H and O–H groups in total. The third-order valence-corrected chi connectivity index (χ3v) is 6.46. The van der Waals surface area contributed by atoms with E-state index in [0.29, 0.717) is 0 Å². The lowest BCUT2D eigenvalue weighted by Crippen LogP contribution is -1.85. The van der Waals surface area contributed by atoms with Gasteiger partial charge in [0, 0.05) is 45.4 Å². The molecule has 0 spiro atoms. The molecule has 5 nitrogen and oxygen atoms in total. The predicted molar refractivity (Wildman–Crippen MR) is 122 cm³/mol. The van der Waals surface area contributed by atoms with Crippen molar-refractivity contribution in [2.24, 2.45) is 0 Å². The third kappa shape index (κ3) is 2.93. The van der Waals surface area contributed by atoms with E-state index in [2.05, 4.69) is 50.3 Å². The Hall–Kier alpha value is -3.84. The molecule has 150 valence electrons. The molecule has 6 rings (SSSR count). The minimum absolute atomic E-state index is 0.209. The second kappa shape index (κ2) is 6.85. The van der Waals surface area contributed by atoms with E-state index in [9.17, 15) is 4.39 Å². The number of rotatable bonds is 3. The first-order valence-corrected chi connectivity index (χ1v) is 10.6. The molecule has 7 heteroatoms. The van der Waals surface area contributed by atoms with Gasteiger partial charge >= 0.3 is 0 Å². The number of aryl methyl sites for hydroxylation is 1. The van der Waals surface area contributed by atoms with Gasteiger partial charge in [-0.15, -0.1) is 11.3 Å². The Balaban J connectivity index is 1.52. The van der Waals surface area contributed by atoms with E-state index in [4.69, 9.17) is 0 Å². The molecule has 5 heterocycles. The van der Waals surface area contributed by atoms with Crippen LogP contribution in [0, 0.1) is 12.1 Å². The minimum Gasteiger partial charge on any atom is -0.352 e. The highest BCUT2D eigenvalue weighted by atomic mass is 32.1. The highest BCUT2D eigenvalue weighted by Crippen LogP contribution is 2.36. The molecule has 0 aliphatic rings. The van der Waals surface area contributed by atoms with Gasteiger partial charge < -0.3 is 4.98 Å². The summed E-state index contributed by atoms with van der Waals surface area (Å²) in [6.45, 7) is 2.08. The molecule has 0 atom stereocenters. The number of nitrogens with zero attached hydrogens (tertiary/aromatic N) is 3. The fourth-order valence-electron chi connectivity index (χ4n) is 3.99. The molecule has 31 heavy (non-hydrogen) atoms. The highest BCUT2D eigenvalue weighted by Gasteiger charge is 2.15. The zero-order valence-corrected chi connectivity index (χ0v) is 17.3. The Bertz CT molecular complexity index is 1580. The van der Waals surface area contributed by atoms with E-state index in [-0.39, 0.29) is 5.13 Å². The van der Waals surface area contributed by atoms with E-state index in [1.54, 1.807) is 24.7 Å². The fourth-order valence-corrected chi connectivity index (χ4v) is 4.74. The molecule has 0 saturated carbocycles. The smallest absolute Gasteiger partial charge is 0.176 e.